The van der Waals surface area contributed by atoms with E-state index in [2.05, 4.69) is 10.3 Å². The van der Waals surface area contributed by atoms with Crippen molar-refractivity contribution in [2.45, 2.75) is 31.9 Å². The Hall–Kier alpha value is -1.79. The Balaban J connectivity index is 2.13. The fourth-order valence-electron chi connectivity index (χ4n) is 2.58. The zero-order valence-electron chi connectivity index (χ0n) is 10.8. The van der Waals surface area contributed by atoms with Gasteiger partial charge in [-0.3, -0.25) is 9.78 Å². The van der Waals surface area contributed by atoms with Gasteiger partial charge >= 0.3 is 6.18 Å². The summed E-state index contributed by atoms with van der Waals surface area (Å²) in [6.45, 7) is 0. The highest BCUT2D eigenvalue weighted by Crippen LogP contribution is 2.42. The van der Waals surface area contributed by atoms with Crippen LogP contribution >= 0.6 is 0 Å². The van der Waals surface area contributed by atoms with Gasteiger partial charge in [0.05, 0.1) is 23.5 Å². The smallest absolute Gasteiger partial charge is 0.392 e. The van der Waals surface area contributed by atoms with Crippen LogP contribution < -0.4 is 11.1 Å². The van der Waals surface area contributed by atoms with Gasteiger partial charge in [0.1, 0.15) is 0 Å². The number of hydrogen-bond acceptors (Lipinski definition) is 3. The monoisotopic (exact) mass is 287 g/mol. The lowest BCUT2D eigenvalue weighted by Gasteiger charge is -2.32. The normalized spacial score (nSPS) is 23.4. The van der Waals surface area contributed by atoms with Crippen LogP contribution in [0.3, 0.4) is 0 Å². The van der Waals surface area contributed by atoms with Crippen molar-refractivity contribution in [2.24, 2.45) is 11.8 Å². The Kier molecular flexibility index (Phi) is 4.15. The summed E-state index contributed by atoms with van der Waals surface area (Å²) in [6, 6.07) is 1.47. The minimum absolute atomic E-state index is 0.00736. The Morgan fingerprint density at radius 3 is 2.70 bits per heavy atom. The summed E-state index contributed by atoms with van der Waals surface area (Å²) in [5.74, 6) is -3.24. The molecule has 2 unspecified atom stereocenters. The zero-order valence-corrected chi connectivity index (χ0v) is 10.8. The highest BCUT2D eigenvalue weighted by molar-refractivity contribution is 5.95. The van der Waals surface area contributed by atoms with Crippen molar-refractivity contribution in [3.63, 3.8) is 0 Å². The van der Waals surface area contributed by atoms with Crippen LogP contribution in [0, 0.1) is 11.8 Å². The van der Waals surface area contributed by atoms with Gasteiger partial charge in [0.2, 0.25) is 5.91 Å². The number of amides is 1. The standard InChI is InChI=1S/C13H16F3N3O/c14-13(15,16)9-4-2-1-3-8(9)12(20)19-11-5-6-18-7-10(11)17/h5-9H,1-4,17H2,(H,18,19,20). The van der Waals surface area contributed by atoms with E-state index in [-0.39, 0.29) is 18.5 Å². The molecule has 110 valence electrons. The molecule has 1 fully saturated rings. The summed E-state index contributed by atoms with van der Waals surface area (Å²) in [4.78, 5) is 15.9. The largest absolute Gasteiger partial charge is 0.396 e. The quantitative estimate of drug-likeness (QED) is 0.878. The zero-order chi connectivity index (χ0) is 14.8. The molecular weight excluding hydrogens is 271 g/mol. The minimum atomic E-state index is -4.34. The number of nitrogen functional groups attached to an aromatic ring is 1. The Morgan fingerprint density at radius 1 is 1.35 bits per heavy atom. The molecule has 2 atom stereocenters. The number of anilines is 2. The molecule has 1 amide bonds. The molecule has 1 aromatic heterocycles. The molecule has 0 bridgehead atoms. The lowest BCUT2D eigenvalue weighted by Crippen LogP contribution is -2.39. The first-order chi connectivity index (χ1) is 9.39. The van der Waals surface area contributed by atoms with Gasteiger partial charge in [0.15, 0.2) is 0 Å². The average Bonchev–Trinajstić information content (AvgIpc) is 2.40. The third-order valence-corrected chi connectivity index (χ3v) is 3.63. The van der Waals surface area contributed by atoms with Crippen LogP contribution in [0.4, 0.5) is 24.5 Å². The molecule has 20 heavy (non-hydrogen) atoms. The molecule has 1 saturated carbocycles. The molecule has 3 N–H and O–H groups in total. The second-order valence-corrected chi connectivity index (χ2v) is 4.99. The van der Waals surface area contributed by atoms with Gasteiger partial charge in [-0.1, -0.05) is 12.8 Å². The van der Waals surface area contributed by atoms with Crippen molar-refractivity contribution in [1.29, 1.82) is 0 Å². The maximum atomic E-state index is 13.0. The number of rotatable bonds is 2. The molecule has 1 aliphatic carbocycles. The topological polar surface area (TPSA) is 68.0 Å². The van der Waals surface area contributed by atoms with Crippen LogP contribution in [0.25, 0.3) is 0 Å². The third kappa shape index (κ3) is 3.20. The number of carbonyl (C=O) groups is 1. The van der Waals surface area contributed by atoms with Gasteiger partial charge in [0.25, 0.3) is 0 Å². The van der Waals surface area contributed by atoms with Crippen molar-refractivity contribution in [2.75, 3.05) is 11.1 Å². The summed E-state index contributed by atoms with van der Waals surface area (Å²) < 4.78 is 38.9. The Morgan fingerprint density at radius 2 is 2.05 bits per heavy atom. The SMILES string of the molecule is Nc1cnccc1NC(=O)C1CCCCC1C(F)(F)F. The van der Waals surface area contributed by atoms with E-state index >= 15 is 0 Å². The number of alkyl halides is 3. The van der Waals surface area contributed by atoms with Gasteiger partial charge in [0, 0.05) is 12.1 Å². The lowest BCUT2D eigenvalue weighted by molar-refractivity contribution is -0.197. The average molecular weight is 287 g/mol. The summed E-state index contributed by atoms with van der Waals surface area (Å²) in [6.07, 6.45) is -0.172. The van der Waals surface area contributed by atoms with Crippen molar-refractivity contribution in [3.8, 4) is 0 Å². The Labute approximate surface area is 114 Å². The van der Waals surface area contributed by atoms with Crippen LogP contribution in [0.2, 0.25) is 0 Å². The third-order valence-electron chi connectivity index (χ3n) is 3.63. The predicted octanol–water partition coefficient (Wildman–Crippen LogP) is 2.97. The van der Waals surface area contributed by atoms with Crippen molar-refractivity contribution < 1.29 is 18.0 Å². The highest BCUT2D eigenvalue weighted by Gasteiger charge is 2.48. The lowest BCUT2D eigenvalue weighted by atomic mass is 9.78. The van der Waals surface area contributed by atoms with Gasteiger partial charge in [-0.15, -0.1) is 0 Å². The number of nitrogens with one attached hydrogen (secondary N) is 1. The first kappa shape index (κ1) is 14.6. The van der Waals surface area contributed by atoms with E-state index in [0.717, 1.165) is 0 Å². The molecule has 2 rings (SSSR count). The molecule has 1 aromatic rings. The number of pyridine rings is 1. The van der Waals surface area contributed by atoms with Gasteiger partial charge in [-0.2, -0.15) is 13.2 Å². The summed E-state index contributed by atoms with van der Waals surface area (Å²) in [7, 11) is 0. The molecule has 0 aliphatic heterocycles. The number of carbonyl (C=O) groups excluding carboxylic acids is 1. The van der Waals surface area contributed by atoms with Gasteiger partial charge < -0.3 is 11.1 Å². The number of nitrogens with two attached hydrogens (primary N) is 1. The van der Waals surface area contributed by atoms with Crippen molar-refractivity contribution in [1.82, 2.24) is 4.98 Å². The number of halogens is 3. The van der Waals surface area contributed by atoms with E-state index in [9.17, 15) is 18.0 Å². The first-order valence-electron chi connectivity index (χ1n) is 6.46. The summed E-state index contributed by atoms with van der Waals surface area (Å²) >= 11 is 0. The van der Waals surface area contributed by atoms with Crippen LogP contribution in [0.15, 0.2) is 18.5 Å². The van der Waals surface area contributed by atoms with E-state index in [0.29, 0.717) is 18.5 Å². The maximum absolute atomic E-state index is 13.0. The molecule has 0 aromatic carbocycles. The number of nitrogens with zero attached hydrogens (tertiary/aromatic N) is 1. The van der Waals surface area contributed by atoms with Gasteiger partial charge in [-0.25, -0.2) is 0 Å². The fourth-order valence-corrected chi connectivity index (χ4v) is 2.58. The van der Waals surface area contributed by atoms with Crippen LogP contribution in [0.1, 0.15) is 25.7 Å². The fraction of sp³-hybridized carbons (Fsp3) is 0.538. The van der Waals surface area contributed by atoms with E-state index in [1.807, 2.05) is 0 Å². The maximum Gasteiger partial charge on any atom is 0.392 e. The molecule has 1 aliphatic rings. The number of hydrogen-bond donors (Lipinski definition) is 2. The van der Waals surface area contributed by atoms with Crippen molar-refractivity contribution in [3.05, 3.63) is 18.5 Å². The molecule has 7 heteroatoms. The molecule has 4 nitrogen and oxygen atoms in total. The second-order valence-electron chi connectivity index (χ2n) is 4.99. The van der Waals surface area contributed by atoms with E-state index in [1.54, 1.807) is 0 Å². The number of aromatic nitrogens is 1. The van der Waals surface area contributed by atoms with E-state index < -0.39 is 23.9 Å². The molecule has 0 spiro atoms. The molecule has 0 radical (unpaired) electrons. The van der Waals surface area contributed by atoms with E-state index in [4.69, 9.17) is 5.73 Å². The summed E-state index contributed by atoms with van der Waals surface area (Å²) in [5.41, 5.74) is 6.16. The van der Waals surface area contributed by atoms with Crippen molar-refractivity contribution >= 4 is 17.3 Å². The van der Waals surface area contributed by atoms with Crippen LogP contribution in [0.5, 0.6) is 0 Å². The second kappa shape index (κ2) is 5.68. The highest BCUT2D eigenvalue weighted by atomic mass is 19.4. The minimum Gasteiger partial charge on any atom is -0.396 e. The molecule has 1 heterocycles. The predicted molar refractivity (Wildman–Crippen MR) is 68.8 cm³/mol. The Bertz CT molecular complexity index is 490. The first-order valence-corrected chi connectivity index (χ1v) is 6.46. The molecule has 0 saturated heterocycles. The van der Waals surface area contributed by atoms with Crippen LogP contribution in [-0.2, 0) is 4.79 Å². The van der Waals surface area contributed by atoms with E-state index in [1.165, 1.54) is 18.5 Å². The van der Waals surface area contributed by atoms with Crippen LogP contribution in [-0.4, -0.2) is 17.1 Å². The van der Waals surface area contributed by atoms with Gasteiger partial charge in [-0.05, 0) is 18.9 Å². The molecular formula is C13H16F3N3O. The summed E-state index contributed by atoms with van der Waals surface area (Å²) in [5, 5.41) is 2.48.